The maximum Gasteiger partial charge on any atom is 0.437 e. The van der Waals surface area contributed by atoms with Crippen LogP contribution in [0.15, 0.2) is 53.7 Å². The molecule has 0 aliphatic carbocycles. The number of oxime groups is 1. The van der Waals surface area contributed by atoms with Gasteiger partial charge in [-0.2, -0.15) is 21.6 Å². The largest absolute Gasteiger partial charge is 0.493 e. The molecular formula is C22H26F3NO5S. The topological polar surface area (TPSA) is 74.2 Å². The SMILES string of the molecule is CCCS(=O)(=O)ON=C(c1ccc(OCCCOc2ccc(CC)cc2)cc1)C(F)(F)F. The molecule has 10 heteroatoms. The third-order valence-electron chi connectivity index (χ3n) is 4.25. The summed E-state index contributed by atoms with van der Waals surface area (Å²) in [6.45, 7) is 4.37. The molecule has 0 aromatic heterocycles. The van der Waals surface area contributed by atoms with E-state index in [1.165, 1.54) is 17.7 Å². The molecule has 0 fully saturated rings. The molecule has 2 rings (SSSR count). The summed E-state index contributed by atoms with van der Waals surface area (Å²) in [5.74, 6) is 0.693. The normalized spacial score (nSPS) is 12.5. The quantitative estimate of drug-likeness (QED) is 0.243. The maximum atomic E-state index is 13.3. The molecular weight excluding hydrogens is 447 g/mol. The standard InChI is InChI=1S/C22H26F3NO5S/c1-3-16-32(27,28)31-26-21(22(23,24)25)18-8-12-20(13-9-18)30-15-5-14-29-19-10-6-17(4-2)7-11-19/h6-13H,3-5,14-16H2,1-2H3. The van der Waals surface area contributed by atoms with E-state index in [0.717, 1.165) is 24.3 Å². The van der Waals surface area contributed by atoms with Gasteiger partial charge in [-0.05, 0) is 54.8 Å². The Morgan fingerprint density at radius 2 is 1.44 bits per heavy atom. The minimum atomic E-state index is -4.89. The Hall–Kier alpha value is -2.75. The Labute approximate surface area is 186 Å². The fourth-order valence-corrected chi connectivity index (χ4v) is 3.38. The molecule has 0 atom stereocenters. The highest BCUT2D eigenvalue weighted by molar-refractivity contribution is 7.86. The van der Waals surface area contributed by atoms with Crippen molar-refractivity contribution in [2.24, 2.45) is 5.16 Å². The van der Waals surface area contributed by atoms with Crippen molar-refractivity contribution in [3.05, 3.63) is 59.7 Å². The lowest BCUT2D eigenvalue weighted by Gasteiger charge is -2.12. The van der Waals surface area contributed by atoms with Crippen molar-refractivity contribution in [1.29, 1.82) is 0 Å². The summed E-state index contributed by atoms with van der Waals surface area (Å²) in [6, 6.07) is 12.8. The van der Waals surface area contributed by atoms with Gasteiger partial charge in [0.2, 0.25) is 0 Å². The summed E-state index contributed by atoms with van der Waals surface area (Å²) in [4.78, 5) is 0. The van der Waals surface area contributed by atoms with Crippen LogP contribution in [-0.4, -0.2) is 39.3 Å². The Morgan fingerprint density at radius 1 is 0.906 bits per heavy atom. The lowest BCUT2D eigenvalue weighted by Crippen LogP contribution is -2.25. The summed E-state index contributed by atoms with van der Waals surface area (Å²) in [5, 5.41) is 2.86. The van der Waals surface area contributed by atoms with Gasteiger partial charge in [0, 0.05) is 12.0 Å². The molecule has 176 valence electrons. The first-order valence-electron chi connectivity index (χ1n) is 10.2. The van der Waals surface area contributed by atoms with Crippen LogP contribution in [-0.2, 0) is 20.8 Å². The fourth-order valence-electron chi connectivity index (χ4n) is 2.62. The average Bonchev–Trinajstić information content (AvgIpc) is 2.74. The summed E-state index contributed by atoms with van der Waals surface area (Å²) in [6.07, 6.45) is -3.16. The number of halogens is 3. The molecule has 0 spiro atoms. The fraction of sp³-hybridized carbons (Fsp3) is 0.409. The maximum absolute atomic E-state index is 13.3. The lowest BCUT2D eigenvalue weighted by atomic mass is 10.1. The smallest absolute Gasteiger partial charge is 0.437 e. The molecule has 0 aliphatic rings. The highest BCUT2D eigenvalue weighted by Gasteiger charge is 2.38. The van der Waals surface area contributed by atoms with E-state index in [9.17, 15) is 21.6 Å². The van der Waals surface area contributed by atoms with Crippen LogP contribution in [0.4, 0.5) is 13.2 Å². The van der Waals surface area contributed by atoms with E-state index in [0.29, 0.717) is 25.4 Å². The van der Waals surface area contributed by atoms with Gasteiger partial charge in [-0.3, -0.25) is 4.28 Å². The molecule has 32 heavy (non-hydrogen) atoms. The minimum absolute atomic E-state index is 0.196. The van der Waals surface area contributed by atoms with Crippen molar-refractivity contribution < 1.29 is 35.3 Å². The Morgan fingerprint density at radius 3 is 1.91 bits per heavy atom. The van der Waals surface area contributed by atoms with Crippen molar-refractivity contribution in [3.63, 3.8) is 0 Å². The number of alkyl halides is 3. The Balaban J connectivity index is 1.89. The number of rotatable bonds is 12. The van der Waals surface area contributed by atoms with Gasteiger partial charge in [0.1, 0.15) is 11.5 Å². The summed E-state index contributed by atoms with van der Waals surface area (Å²) < 4.78 is 78.2. The molecule has 0 N–H and O–H groups in total. The van der Waals surface area contributed by atoms with Crippen LogP contribution in [0.1, 0.15) is 37.8 Å². The molecule has 0 unspecified atom stereocenters. The van der Waals surface area contributed by atoms with E-state index in [-0.39, 0.29) is 12.0 Å². The van der Waals surface area contributed by atoms with Gasteiger partial charge in [0.05, 0.1) is 19.0 Å². The first kappa shape index (κ1) is 25.5. The van der Waals surface area contributed by atoms with Crippen molar-refractivity contribution in [2.45, 2.75) is 39.3 Å². The third kappa shape index (κ3) is 8.41. The van der Waals surface area contributed by atoms with Gasteiger partial charge in [-0.25, -0.2) is 0 Å². The van der Waals surface area contributed by atoms with Crippen LogP contribution < -0.4 is 9.47 Å². The highest BCUT2D eigenvalue weighted by atomic mass is 32.2. The number of nitrogens with zero attached hydrogens (tertiary/aromatic N) is 1. The molecule has 0 saturated carbocycles. The van der Waals surface area contributed by atoms with E-state index in [1.807, 2.05) is 24.3 Å². The second kappa shape index (κ2) is 11.8. The zero-order valence-corrected chi connectivity index (χ0v) is 18.7. The Bertz CT molecular complexity index is 972. The van der Waals surface area contributed by atoms with Gasteiger partial charge < -0.3 is 9.47 Å². The number of aryl methyl sites for hydroxylation is 1. The second-order valence-electron chi connectivity index (χ2n) is 6.85. The summed E-state index contributed by atoms with van der Waals surface area (Å²) in [7, 11) is -4.17. The zero-order chi connectivity index (χ0) is 23.6. The molecule has 0 radical (unpaired) electrons. The van der Waals surface area contributed by atoms with Crippen LogP contribution >= 0.6 is 0 Å². The van der Waals surface area contributed by atoms with Crippen LogP contribution in [0.25, 0.3) is 0 Å². The second-order valence-corrected chi connectivity index (χ2v) is 8.52. The number of hydrogen-bond acceptors (Lipinski definition) is 6. The molecule has 0 amide bonds. The van der Waals surface area contributed by atoms with Crippen LogP contribution in [0.5, 0.6) is 11.5 Å². The van der Waals surface area contributed by atoms with Crippen molar-refractivity contribution in [2.75, 3.05) is 19.0 Å². The van der Waals surface area contributed by atoms with E-state index in [2.05, 4.69) is 16.4 Å². The van der Waals surface area contributed by atoms with Crippen molar-refractivity contribution >= 4 is 15.8 Å². The van der Waals surface area contributed by atoms with E-state index >= 15 is 0 Å². The molecule has 0 aliphatic heterocycles. The van der Waals surface area contributed by atoms with Crippen LogP contribution in [0.2, 0.25) is 0 Å². The lowest BCUT2D eigenvalue weighted by molar-refractivity contribution is -0.0597. The third-order valence-corrected chi connectivity index (χ3v) is 5.46. The monoisotopic (exact) mass is 473 g/mol. The van der Waals surface area contributed by atoms with E-state index in [4.69, 9.17) is 9.47 Å². The van der Waals surface area contributed by atoms with E-state index in [1.54, 1.807) is 6.92 Å². The van der Waals surface area contributed by atoms with Crippen molar-refractivity contribution in [3.8, 4) is 11.5 Å². The van der Waals surface area contributed by atoms with Gasteiger partial charge in [-0.1, -0.05) is 31.1 Å². The van der Waals surface area contributed by atoms with Gasteiger partial charge in [0.25, 0.3) is 0 Å². The molecule has 0 bridgehead atoms. The van der Waals surface area contributed by atoms with E-state index < -0.39 is 27.8 Å². The number of benzene rings is 2. The van der Waals surface area contributed by atoms with Gasteiger partial charge in [-0.15, -0.1) is 0 Å². The number of ether oxygens (including phenoxy) is 2. The van der Waals surface area contributed by atoms with Crippen molar-refractivity contribution in [1.82, 2.24) is 0 Å². The first-order valence-corrected chi connectivity index (χ1v) is 11.7. The summed E-state index contributed by atoms with van der Waals surface area (Å²) in [5.41, 5.74) is -0.557. The number of hydrogen-bond donors (Lipinski definition) is 0. The molecule has 0 heterocycles. The predicted octanol–water partition coefficient (Wildman–Crippen LogP) is 5.12. The average molecular weight is 474 g/mol. The Kier molecular flexibility index (Phi) is 9.37. The minimum Gasteiger partial charge on any atom is -0.493 e. The van der Waals surface area contributed by atoms with Crippen LogP contribution in [0.3, 0.4) is 0 Å². The molecule has 0 saturated heterocycles. The molecule has 2 aromatic carbocycles. The predicted molar refractivity (Wildman–Crippen MR) is 116 cm³/mol. The van der Waals surface area contributed by atoms with Gasteiger partial charge >= 0.3 is 16.3 Å². The molecule has 6 nitrogen and oxygen atoms in total. The zero-order valence-electron chi connectivity index (χ0n) is 17.9. The summed E-state index contributed by atoms with van der Waals surface area (Å²) >= 11 is 0. The van der Waals surface area contributed by atoms with Crippen LogP contribution in [0, 0.1) is 0 Å². The molecule has 2 aromatic rings. The highest BCUT2D eigenvalue weighted by Crippen LogP contribution is 2.25. The first-order chi connectivity index (χ1) is 15.1. The van der Waals surface area contributed by atoms with Gasteiger partial charge in [0.15, 0.2) is 5.71 Å².